The van der Waals surface area contributed by atoms with Crippen LogP contribution in [0.5, 0.6) is 0 Å². The summed E-state index contributed by atoms with van der Waals surface area (Å²) in [5, 5.41) is 1.71. The lowest BCUT2D eigenvalue weighted by molar-refractivity contribution is 0.101. The number of aromatic nitrogens is 2. The number of anilines is 1. The zero-order valence-corrected chi connectivity index (χ0v) is 22.8. The van der Waals surface area contributed by atoms with Crippen molar-refractivity contribution in [2.45, 2.75) is 11.8 Å². The SMILES string of the molecule is CC(=O)c1nn(-c2c(Cl)cc(S(F)(F)(F)(F)F)cc2Cl)c(/N=C/N(C)C)c1N(S(C)(=O)=O)S(C)(=O)=O. The smallest absolute Gasteiger partial charge is 0.310 e. The van der Waals surface area contributed by atoms with Crippen LogP contribution in [0.4, 0.5) is 30.9 Å². The Morgan fingerprint density at radius 1 is 1.03 bits per heavy atom. The number of benzene rings is 1. The van der Waals surface area contributed by atoms with Gasteiger partial charge in [0.15, 0.2) is 17.3 Å². The van der Waals surface area contributed by atoms with Gasteiger partial charge in [-0.1, -0.05) is 42.6 Å². The van der Waals surface area contributed by atoms with Gasteiger partial charge in [-0.15, -0.1) is 0 Å². The average Bonchev–Trinajstić information content (AvgIpc) is 2.93. The van der Waals surface area contributed by atoms with Crippen LogP contribution in [0.2, 0.25) is 10.0 Å². The standard InChI is InChI=1S/C16H18Cl2F5N5O5S3/c1-9(29)13-15(28(34(4,30)31)35(5,32)33)16(24-8-26(2)3)27(25-13)14-11(17)6-10(7-12(14)18)36(19,20,21,22)23/h6-8H,1-5H3/b24-8+. The second kappa shape index (κ2) is 8.44. The largest absolute Gasteiger partial charge is 0.369 e. The number of halogens is 7. The van der Waals surface area contributed by atoms with Gasteiger partial charge in [-0.25, -0.2) is 26.5 Å². The third-order valence-corrected chi connectivity index (χ3v) is 8.91. The van der Waals surface area contributed by atoms with E-state index >= 15 is 0 Å². The number of hydrogen-bond donors (Lipinski definition) is 0. The van der Waals surface area contributed by atoms with Crippen molar-refractivity contribution in [3.8, 4) is 5.69 Å². The van der Waals surface area contributed by atoms with Crippen LogP contribution in [0.1, 0.15) is 17.4 Å². The molecule has 1 heterocycles. The fourth-order valence-corrected chi connectivity index (χ4v) is 7.22. The summed E-state index contributed by atoms with van der Waals surface area (Å²) in [6, 6.07) is -0.271. The van der Waals surface area contributed by atoms with Gasteiger partial charge in [-0.3, -0.25) is 4.79 Å². The predicted octanol–water partition coefficient (Wildman–Crippen LogP) is 4.99. The minimum absolute atomic E-state index is 0.135. The summed E-state index contributed by atoms with van der Waals surface area (Å²) in [4.78, 5) is 15.1. The molecule has 0 saturated heterocycles. The first kappa shape index (κ1) is 30.1. The molecule has 0 amide bonds. The Morgan fingerprint density at radius 3 is 1.81 bits per heavy atom. The number of hydrogen-bond acceptors (Lipinski definition) is 7. The van der Waals surface area contributed by atoms with Gasteiger partial charge in [0.2, 0.25) is 20.0 Å². The lowest BCUT2D eigenvalue weighted by atomic mass is 10.3. The molecular weight excluding hydrogens is 604 g/mol. The lowest BCUT2D eigenvalue weighted by Crippen LogP contribution is -2.36. The van der Waals surface area contributed by atoms with Crippen LogP contribution in [-0.4, -0.2) is 70.2 Å². The van der Waals surface area contributed by atoms with Crippen molar-refractivity contribution >= 4 is 77.1 Å². The monoisotopic (exact) mass is 621 g/mol. The van der Waals surface area contributed by atoms with E-state index in [1.807, 2.05) is 0 Å². The van der Waals surface area contributed by atoms with E-state index in [4.69, 9.17) is 23.2 Å². The summed E-state index contributed by atoms with van der Waals surface area (Å²) in [6.45, 7) is 0.888. The Balaban J connectivity index is 3.16. The predicted molar refractivity (Wildman–Crippen MR) is 129 cm³/mol. The van der Waals surface area contributed by atoms with Crippen LogP contribution < -0.4 is 3.71 Å². The first-order chi connectivity index (χ1) is 15.8. The molecule has 0 saturated carbocycles. The van der Waals surface area contributed by atoms with E-state index in [9.17, 15) is 41.1 Å². The number of ketones is 1. The Hall–Kier alpha value is -2.15. The molecule has 0 unspecified atom stereocenters. The number of nitrogens with zero attached hydrogens (tertiary/aromatic N) is 5. The molecule has 10 nitrogen and oxygen atoms in total. The van der Waals surface area contributed by atoms with Gasteiger partial charge in [0.25, 0.3) is 0 Å². The highest BCUT2D eigenvalue weighted by Gasteiger charge is 2.65. The second-order valence-corrected chi connectivity index (χ2v) is 14.7. The van der Waals surface area contributed by atoms with Gasteiger partial charge in [0.1, 0.15) is 16.3 Å². The molecule has 36 heavy (non-hydrogen) atoms. The van der Waals surface area contributed by atoms with Crippen molar-refractivity contribution in [2.75, 3.05) is 30.3 Å². The molecule has 0 bridgehead atoms. The van der Waals surface area contributed by atoms with Crippen LogP contribution in [-0.2, 0) is 20.0 Å². The molecule has 0 aliphatic carbocycles. The fourth-order valence-electron chi connectivity index (χ4n) is 2.79. The molecule has 0 aliphatic rings. The highest BCUT2D eigenvalue weighted by molar-refractivity contribution is 8.45. The van der Waals surface area contributed by atoms with E-state index in [0.717, 1.165) is 13.3 Å². The maximum absolute atomic E-state index is 13.3. The number of carbonyl (C=O) groups is 1. The summed E-state index contributed by atoms with van der Waals surface area (Å²) in [5.74, 6) is -1.72. The molecular formula is C16H18Cl2F5N5O5S3. The topological polar surface area (TPSA) is 122 Å². The number of rotatable bonds is 8. The Kier molecular flexibility index (Phi) is 7.05. The summed E-state index contributed by atoms with van der Waals surface area (Å²) in [5.41, 5.74) is -2.42. The normalized spacial score (nSPS) is 15.0. The molecule has 0 atom stereocenters. The van der Waals surface area contributed by atoms with Crippen LogP contribution in [0, 0.1) is 0 Å². The van der Waals surface area contributed by atoms with E-state index in [0.29, 0.717) is 17.2 Å². The van der Waals surface area contributed by atoms with Crippen LogP contribution >= 0.6 is 33.4 Å². The van der Waals surface area contributed by atoms with Gasteiger partial charge >= 0.3 is 10.2 Å². The molecule has 2 aromatic rings. The van der Waals surface area contributed by atoms with Crippen LogP contribution in [0.3, 0.4) is 0 Å². The number of carbonyl (C=O) groups excluding carboxylic acids is 1. The molecule has 20 heteroatoms. The van der Waals surface area contributed by atoms with E-state index in [2.05, 4.69) is 10.1 Å². The number of sulfonamides is 2. The van der Waals surface area contributed by atoms with Crippen molar-refractivity contribution in [1.82, 2.24) is 14.7 Å². The van der Waals surface area contributed by atoms with E-state index in [1.165, 1.54) is 19.0 Å². The van der Waals surface area contributed by atoms with Gasteiger partial charge in [0, 0.05) is 21.0 Å². The molecule has 0 radical (unpaired) electrons. The molecule has 1 aromatic carbocycles. The van der Waals surface area contributed by atoms with Crippen molar-refractivity contribution in [3.63, 3.8) is 0 Å². The maximum Gasteiger partial charge on any atom is 0.310 e. The molecule has 2 rings (SSSR count). The van der Waals surface area contributed by atoms with Crippen molar-refractivity contribution in [2.24, 2.45) is 4.99 Å². The lowest BCUT2D eigenvalue weighted by Gasteiger charge is -2.40. The zero-order valence-electron chi connectivity index (χ0n) is 18.9. The third kappa shape index (κ3) is 6.39. The molecule has 0 aliphatic heterocycles. The second-order valence-electron chi connectivity index (χ2n) is 7.62. The van der Waals surface area contributed by atoms with E-state index in [-0.39, 0.29) is 15.8 Å². The van der Waals surface area contributed by atoms with Gasteiger partial charge < -0.3 is 4.90 Å². The molecule has 204 valence electrons. The summed E-state index contributed by atoms with van der Waals surface area (Å²) >= 11 is 11.8. The minimum atomic E-state index is -10.2. The van der Waals surface area contributed by atoms with Crippen LogP contribution in [0.15, 0.2) is 22.0 Å². The Labute approximate surface area is 213 Å². The molecule has 0 N–H and O–H groups in total. The van der Waals surface area contributed by atoms with Crippen molar-refractivity contribution in [3.05, 3.63) is 27.9 Å². The number of Topliss-reactive ketones (excluding diaryl/α,β-unsaturated/α-hetero) is 1. The average molecular weight is 622 g/mol. The first-order valence-electron chi connectivity index (χ1n) is 9.04. The maximum atomic E-state index is 13.3. The van der Waals surface area contributed by atoms with Crippen molar-refractivity contribution < 1.29 is 41.1 Å². The fraction of sp³-hybridized carbons (Fsp3) is 0.312. The first-order valence-corrected chi connectivity index (χ1v) is 15.4. The summed E-state index contributed by atoms with van der Waals surface area (Å²) < 4.78 is 117. The summed E-state index contributed by atoms with van der Waals surface area (Å²) in [7, 11) is -16.7. The molecule has 1 aromatic heterocycles. The molecule has 0 fully saturated rings. The van der Waals surface area contributed by atoms with Crippen LogP contribution in [0.25, 0.3) is 5.69 Å². The van der Waals surface area contributed by atoms with E-state index in [1.54, 1.807) is 0 Å². The summed E-state index contributed by atoms with van der Waals surface area (Å²) in [6.07, 6.45) is 2.00. The van der Waals surface area contributed by atoms with Crippen molar-refractivity contribution in [1.29, 1.82) is 0 Å². The Bertz CT molecular complexity index is 1450. The molecule has 0 spiro atoms. The zero-order chi connectivity index (χ0) is 28.3. The van der Waals surface area contributed by atoms with Gasteiger partial charge in [0.05, 0.1) is 28.9 Å². The van der Waals surface area contributed by atoms with Gasteiger partial charge in [-0.2, -0.15) is 8.81 Å². The quantitative estimate of drug-likeness (QED) is 0.176. The Morgan fingerprint density at radius 2 is 1.47 bits per heavy atom. The highest BCUT2D eigenvalue weighted by atomic mass is 35.5. The minimum Gasteiger partial charge on any atom is -0.369 e. The van der Waals surface area contributed by atoms with E-state index < -0.39 is 73.9 Å². The number of aliphatic imine (C=N–C) groups is 1. The van der Waals surface area contributed by atoms with Gasteiger partial charge in [-0.05, 0) is 12.1 Å². The highest BCUT2D eigenvalue weighted by Crippen LogP contribution is 3.02. The third-order valence-electron chi connectivity index (χ3n) is 4.01.